The Bertz CT molecular complexity index is 536. The molecule has 0 amide bonds. The van der Waals surface area contributed by atoms with Crippen molar-refractivity contribution in [1.82, 2.24) is 20.2 Å². The highest BCUT2D eigenvalue weighted by molar-refractivity contribution is 7.11. The summed E-state index contributed by atoms with van der Waals surface area (Å²) in [6, 6.07) is -0.157. The van der Waals surface area contributed by atoms with Crippen molar-refractivity contribution in [3.8, 4) is 5.75 Å². The average molecular weight is 281 g/mol. The highest BCUT2D eigenvalue weighted by atomic mass is 32.1. The number of nitrogens with one attached hydrogen (secondary N) is 1. The molecule has 7 heteroatoms. The molecule has 19 heavy (non-hydrogen) atoms. The minimum absolute atomic E-state index is 0.157. The monoisotopic (exact) mass is 281 g/mol. The minimum Gasteiger partial charge on any atom is -0.493 e. The molecule has 2 aromatic heterocycles. The number of thiazole rings is 1. The maximum Gasteiger partial charge on any atom is 0.162 e. The van der Waals surface area contributed by atoms with Crippen LogP contribution in [0.4, 0.5) is 0 Å². The Hall–Kier alpha value is -1.44. The largest absolute Gasteiger partial charge is 0.493 e. The molecule has 2 aromatic rings. The molecule has 0 saturated heterocycles. The maximum atomic E-state index is 5.73. The van der Waals surface area contributed by atoms with E-state index in [1.54, 1.807) is 24.6 Å². The van der Waals surface area contributed by atoms with Gasteiger partial charge < -0.3 is 4.74 Å². The van der Waals surface area contributed by atoms with Crippen LogP contribution in [-0.4, -0.2) is 21.9 Å². The van der Waals surface area contributed by atoms with Gasteiger partial charge in [0.25, 0.3) is 0 Å². The zero-order valence-corrected chi connectivity index (χ0v) is 12.2. The number of ether oxygens (including phenoxy) is 1. The molecule has 0 aromatic carbocycles. The van der Waals surface area contributed by atoms with Gasteiger partial charge in [0.15, 0.2) is 5.75 Å². The Morgan fingerprint density at radius 1 is 1.53 bits per heavy atom. The van der Waals surface area contributed by atoms with Crippen LogP contribution in [0, 0.1) is 6.92 Å². The number of hydrazine groups is 1. The SMILES string of the molecule is CCCn1ncc(OC)c1C(NN)c1cnc(C)s1. The predicted molar refractivity (Wildman–Crippen MR) is 75.1 cm³/mol. The molecule has 0 fully saturated rings. The zero-order valence-electron chi connectivity index (χ0n) is 11.4. The number of aromatic nitrogens is 3. The molecule has 1 unspecified atom stereocenters. The molecule has 1 atom stereocenters. The highest BCUT2D eigenvalue weighted by Crippen LogP contribution is 2.32. The summed E-state index contributed by atoms with van der Waals surface area (Å²) in [6.45, 7) is 4.91. The van der Waals surface area contributed by atoms with Gasteiger partial charge in [-0.05, 0) is 13.3 Å². The molecular formula is C12H19N5OS. The maximum absolute atomic E-state index is 5.73. The van der Waals surface area contributed by atoms with Crippen molar-refractivity contribution < 1.29 is 4.74 Å². The van der Waals surface area contributed by atoms with Crippen molar-refractivity contribution in [2.75, 3.05) is 7.11 Å². The Morgan fingerprint density at radius 2 is 2.32 bits per heavy atom. The third-order valence-electron chi connectivity index (χ3n) is 2.86. The Kier molecular flexibility index (Phi) is 4.52. The Balaban J connectivity index is 2.44. The molecule has 0 aliphatic carbocycles. The highest BCUT2D eigenvalue weighted by Gasteiger charge is 2.24. The molecule has 0 aliphatic heterocycles. The van der Waals surface area contributed by atoms with Crippen LogP contribution < -0.4 is 16.0 Å². The molecule has 0 radical (unpaired) electrons. The van der Waals surface area contributed by atoms with Crippen molar-refractivity contribution in [3.05, 3.63) is 28.0 Å². The smallest absolute Gasteiger partial charge is 0.162 e. The van der Waals surface area contributed by atoms with Gasteiger partial charge >= 0.3 is 0 Å². The fraction of sp³-hybridized carbons (Fsp3) is 0.500. The molecule has 0 bridgehead atoms. The first-order valence-corrected chi connectivity index (χ1v) is 7.01. The van der Waals surface area contributed by atoms with Crippen LogP contribution in [0.2, 0.25) is 0 Å². The second-order valence-electron chi connectivity index (χ2n) is 4.20. The van der Waals surface area contributed by atoms with Crippen molar-refractivity contribution >= 4 is 11.3 Å². The lowest BCUT2D eigenvalue weighted by Crippen LogP contribution is -2.30. The van der Waals surface area contributed by atoms with Gasteiger partial charge in [0.05, 0.1) is 18.3 Å². The second kappa shape index (κ2) is 6.14. The molecule has 0 saturated carbocycles. The summed E-state index contributed by atoms with van der Waals surface area (Å²) < 4.78 is 7.32. The number of rotatable bonds is 6. The lowest BCUT2D eigenvalue weighted by atomic mass is 10.2. The van der Waals surface area contributed by atoms with Gasteiger partial charge in [-0.2, -0.15) is 5.10 Å². The number of aryl methyl sites for hydroxylation is 2. The van der Waals surface area contributed by atoms with Gasteiger partial charge in [-0.3, -0.25) is 10.5 Å². The van der Waals surface area contributed by atoms with E-state index in [1.807, 2.05) is 17.8 Å². The lowest BCUT2D eigenvalue weighted by molar-refractivity contribution is 0.399. The average Bonchev–Trinajstić information content (AvgIpc) is 2.99. The van der Waals surface area contributed by atoms with E-state index >= 15 is 0 Å². The summed E-state index contributed by atoms with van der Waals surface area (Å²) in [6.07, 6.45) is 4.56. The topological polar surface area (TPSA) is 78.0 Å². The van der Waals surface area contributed by atoms with E-state index in [2.05, 4.69) is 22.4 Å². The molecule has 2 rings (SSSR count). The Labute approximate surface area is 116 Å². The van der Waals surface area contributed by atoms with Crippen LogP contribution in [0.5, 0.6) is 5.75 Å². The van der Waals surface area contributed by atoms with Gasteiger partial charge in [-0.25, -0.2) is 10.4 Å². The van der Waals surface area contributed by atoms with Crippen LogP contribution in [-0.2, 0) is 6.54 Å². The van der Waals surface area contributed by atoms with Crippen LogP contribution in [0.15, 0.2) is 12.4 Å². The van der Waals surface area contributed by atoms with E-state index < -0.39 is 0 Å². The first kappa shape index (κ1) is 14.0. The first-order valence-electron chi connectivity index (χ1n) is 6.19. The third kappa shape index (κ3) is 2.78. The molecule has 0 spiro atoms. The van der Waals surface area contributed by atoms with E-state index in [4.69, 9.17) is 10.6 Å². The summed E-state index contributed by atoms with van der Waals surface area (Å²) in [4.78, 5) is 5.33. The van der Waals surface area contributed by atoms with E-state index in [-0.39, 0.29) is 6.04 Å². The van der Waals surface area contributed by atoms with E-state index in [1.165, 1.54) is 0 Å². The molecule has 3 N–H and O–H groups in total. The molecule has 104 valence electrons. The number of hydrogen-bond acceptors (Lipinski definition) is 6. The van der Waals surface area contributed by atoms with E-state index in [0.717, 1.165) is 34.3 Å². The summed E-state index contributed by atoms with van der Waals surface area (Å²) in [7, 11) is 1.64. The van der Waals surface area contributed by atoms with Gasteiger partial charge in [0.1, 0.15) is 11.7 Å². The zero-order chi connectivity index (χ0) is 13.8. The number of nitrogens with two attached hydrogens (primary N) is 1. The summed E-state index contributed by atoms with van der Waals surface area (Å²) in [5, 5.41) is 5.37. The predicted octanol–water partition coefficient (Wildman–Crippen LogP) is 1.62. The molecule has 2 heterocycles. The minimum atomic E-state index is -0.157. The summed E-state index contributed by atoms with van der Waals surface area (Å²) >= 11 is 1.61. The summed E-state index contributed by atoms with van der Waals surface area (Å²) in [5.41, 5.74) is 3.78. The standard InChI is InChI=1S/C12H19N5OS/c1-4-5-17-12(9(18-3)6-15-17)11(16-13)10-7-14-8(2)19-10/h6-7,11,16H,4-5,13H2,1-3H3. The van der Waals surface area contributed by atoms with Gasteiger partial charge in [0.2, 0.25) is 0 Å². The molecule has 0 aliphatic rings. The van der Waals surface area contributed by atoms with Gasteiger partial charge in [-0.15, -0.1) is 11.3 Å². The van der Waals surface area contributed by atoms with Crippen molar-refractivity contribution in [2.24, 2.45) is 5.84 Å². The van der Waals surface area contributed by atoms with Crippen molar-refractivity contribution in [3.63, 3.8) is 0 Å². The Morgan fingerprint density at radius 3 is 2.84 bits per heavy atom. The van der Waals surface area contributed by atoms with Crippen LogP contribution >= 0.6 is 11.3 Å². The quantitative estimate of drug-likeness (QED) is 0.621. The van der Waals surface area contributed by atoms with E-state index in [9.17, 15) is 0 Å². The molecular weight excluding hydrogens is 262 g/mol. The third-order valence-corrected chi connectivity index (χ3v) is 3.84. The van der Waals surface area contributed by atoms with Gasteiger partial charge in [-0.1, -0.05) is 6.92 Å². The van der Waals surface area contributed by atoms with E-state index in [0.29, 0.717) is 0 Å². The lowest BCUT2D eigenvalue weighted by Gasteiger charge is -2.17. The second-order valence-corrected chi connectivity index (χ2v) is 5.47. The summed E-state index contributed by atoms with van der Waals surface area (Å²) in [5.74, 6) is 6.46. The fourth-order valence-corrected chi connectivity index (χ4v) is 2.87. The normalized spacial score (nSPS) is 12.6. The van der Waals surface area contributed by atoms with Crippen LogP contribution in [0.25, 0.3) is 0 Å². The van der Waals surface area contributed by atoms with Crippen LogP contribution in [0.1, 0.15) is 35.0 Å². The van der Waals surface area contributed by atoms with Crippen molar-refractivity contribution in [2.45, 2.75) is 32.9 Å². The first-order chi connectivity index (χ1) is 9.21. The number of hydrogen-bond donors (Lipinski definition) is 2. The fourth-order valence-electron chi connectivity index (χ4n) is 2.02. The van der Waals surface area contributed by atoms with Gasteiger partial charge in [0, 0.05) is 17.6 Å². The molecule has 6 nitrogen and oxygen atoms in total. The van der Waals surface area contributed by atoms with Crippen molar-refractivity contribution in [1.29, 1.82) is 0 Å². The number of nitrogens with zero attached hydrogens (tertiary/aromatic N) is 3. The number of methoxy groups -OCH3 is 1. The van der Waals surface area contributed by atoms with Crippen LogP contribution in [0.3, 0.4) is 0 Å².